The first-order chi connectivity index (χ1) is 28.3. The SMILES string of the molecule is CC(C)[C@H](NC(=O)[C@H](C)NC(=O)[C@@H](NC(=O)[C@@H](NC(=O)[C@H](CCC(=O)O)NC(=O)[C@H](Cc1ccccc1)NC(=O)[C@@H](N)CCC(=O)O)C(C)C)C(C)C)C(=O)N[C@@H](C)C(=O)O. The fraction of sp³-hybridized carbons (Fsp3) is 0.600. The van der Waals surface area contributed by atoms with Gasteiger partial charge in [-0.25, -0.2) is 0 Å². The molecule has 0 aliphatic heterocycles. The van der Waals surface area contributed by atoms with Gasteiger partial charge < -0.3 is 58.3 Å². The van der Waals surface area contributed by atoms with Crippen LogP contribution in [0.3, 0.4) is 0 Å². The van der Waals surface area contributed by atoms with Crippen LogP contribution in [-0.2, 0) is 54.4 Å². The first kappa shape index (κ1) is 52.9. The molecule has 0 unspecified atom stereocenters. The van der Waals surface area contributed by atoms with Gasteiger partial charge in [0.05, 0.1) is 6.04 Å². The zero-order valence-electron chi connectivity index (χ0n) is 35.8. The van der Waals surface area contributed by atoms with Crippen molar-refractivity contribution in [1.82, 2.24) is 37.2 Å². The van der Waals surface area contributed by atoms with Crippen molar-refractivity contribution in [2.45, 2.75) is 136 Å². The van der Waals surface area contributed by atoms with Crippen LogP contribution in [0.4, 0.5) is 0 Å². The van der Waals surface area contributed by atoms with E-state index in [1.807, 2.05) is 0 Å². The number of aliphatic carboxylic acids is 3. The minimum atomic E-state index is -1.54. The van der Waals surface area contributed by atoms with E-state index in [4.69, 9.17) is 15.9 Å². The molecular formula is C40H62N8O13. The number of benzene rings is 1. The number of hydrogen-bond acceptors (Lipinski definition) is 11. The van der Waals surface area contributed by atoms with E-state index in [2.05, 4.69) is 37.2 Å². The van der Waals surface area contributed by atoms with Crippen LogP contribution in [0.5, 0.6) is 0 Å². The Labute approximate surface area is 354 Å². The van der Waals surface area contributed by atoms with Gasteiger partial charge in [-0.3, -0.25) is 47.9 Å². The summed E-state index contributed by atoms with van der Waals surface area (Å²) in [6, 6.07) is -1.92. The molecule has 0 saturated carbocycles. The van der Waals surface area contributed by atoms with Crippen LogP contribution in [0, 0.1) is 17.8 Å². The van der Waals surface area contributed by atoms with Crippen molar-refractivity contribution >= 4 is 59.3 Å². The number of hydrogen-bond donors (Lipinski definition) is 11. The quantitative estimate of drug-likeness (QED) is 0.0520. The molecule has 1 aromatic rings. The molecule has 12 N–H and O–H groups in total. The smallest absolute Gasteiger partial charge is 0.325 e. The zero-order valence-corrected chi connectivity index (χ0v) is 35.8. The molecule has 7 amide bonds. The van der Waals surface area contributed by atoms with Crippen LogP contribution in [0.2, 0.25) is 0 Å². The summed E-state index contributed by atoms with van der Waals surface area (Å²) in [7, 11) is 0. The Morgan fingerprint density at radius 2 is 0.869 bits per heavy atom. The van der Waals surface area contributed by atoms with Crippen LogP contribution < -0.4 is 43.0 Å². The summed E-state index contributed by atoms with van der Waals surface area (Å²) in [5, 5.41) is 44.9. The summed E-state index contributed by atoms with van der Waals surface area (Å²) in [5.74, 6) is -11.2. The summed E-state index contributed by atoms with van der Waals surface area (Å²) in [5.41, 5.74) is 6.47. The van der Waals surface area contributed by atoms with Crippen LogP contribution in [-0.4, -0.2) is 123 Å². The van der Waals surface area contributed by atoms with E-state index in [1.54, 1.807) is 71.9 Å². The molecule has 0 heterocycles. The molecule has 61 heavy (non-hydrogen) atoms. The highest BCUT2D eigenvalue weighted by molar-refractivity contribution is 5.98. The van der Waals surface area contributed by atoms with Gasteiger partial charge in [-0.05, 0) is 50.0 Å². The van der Waals surface area contributed by atoms with Gasteiger partial charge >= 0.3 is 17.9 Å². The third-order valence-corrected chi connectivity index (χ3v) is 9.42. The molecule has 0 aliphatic carbocycles. The van der Waals surface area contributed by atoms with E-state index < -0.39 is 145 Å². The van der Waals surface area contributed by atoms with Gasteiger partial charge in [0.2, 0.25) is 41.4 Å². The van der Waals surface area contributed by atoms with Gasteiger partial charge in [-0.1, -0.05) is 71.9 Å². The van der Waals surface area contributed by atoms with Gasteiger partial charge in [0.1, 0.15) is 42.3 Å². The number of nitrogens with one attached hydrogen (secondary N) is 7. The summed E-state index contributed by atoms with van der Waals surface area (Å²) < 4.78 is 0. The Morgan fingerprint density at radius 3 is 1.33 bits per heavy atom. The minimum absolute atomic E-state index is 0.0903. The number of carboxylic acid groups (broad SMARTS) is 3. The predicted octanol–water partition coefficient (Wildman–Crippen LogP) is -1.23. The molecule has 21 heteroatoms. The molecule has 0 aliphatic rings. The standard InChI is InChI=1S/C40H62N8O13/c1-19(2)30(38(58)43-23(8)40(60)61)46-33(53)22(7)42-37(57)31(20(3)4)48-39(59)32(21(5)6)47-35(55)26(15-17-29(51)52)44-36(56)27(18-24-12-10-9-11-13-24)45-34(54)25(41)14-16-28(49)50/h9-13,19-23,25-27,30-32H,14-18,41H2,1-8H3,(H,42,57)(H,43,58)(H,44,56)(H,45,54)(H,46,53)(H,47,55)(H,48,59)(H,49,50)(H,51,52)(H,60,61)/t22-,23-,25-,26-,27-,30-,31-,32-/m0/s1. The van der Waals surface area contributed by atoms with Crippen molar-refractivity contribution in [2.24, 2.45) is 23.5 Å². The molecule has 1 aromatic carbocycles. The first-order valence-electron chi connectivity index (χ1n) is 19.9. The van der Waals surface area contributed by atoms with Crippen molar-refractivity contribution in [3.05, 3.63) is 35.9 Å². The number of carbonyl (C=O) groups is 10. The maximum Gasteiger partial charge on any atom is 0.325 e. The molecule has 0 aromatic heterocycles. The topological polar surface area (TPSA) is 342 Å². The summed E-state index contributed by atoms with van der Waals surface area (Å²) in [6.07, 6.45) is -1.75. The third kappa shape index (κ3) is 18.8. The lowest BCUT2D eigenvalue weighted by Gasteiger charge is -2.30. The largest absolute Gasteiger partial charge is 0.481 e. The van der Waals surface area contributed by atoms with E-state index in [0.29, 0.717) is 5.56 Å². The highest BCUT2D eigenvalue weighted by Crippen LogP contribution is 2.11. The summed E-state index contributed by atoms with van der Waals surface area (Å²) in [4.78, 5) is 127. The van der Waals surface area contributed by atoms with Crippen LogP contribution in [0.15, 0.2) is 30.3 Å². The Morgan fingerprint density at radius 1 is 0.475 bits per heavy atom. The number of rotatable bonds is 26. The van der Waals surface area contributed by atoms with Crippen LogP contribution >= 0.6 is 0 Å². The normalized spacial score (nSPS) is 15.1. The van der Waals surface area contributed by atoms with E-state index in [0.717, 1.165) is 0 Å². The predicted molar refractivity (Wildman–Crippen MR) is 219 cm³/mol. The molecule has 340 valence electrons. The fourth-order valence-corrected chi connectivity index (χ4v) is 5.67. The fourth-order valence-electron chi connectivity index (χ4n) is 5.67. The van der Waals surface area contributed by atoms with Crippen molar-refractivity contribution < 1.29 is 63.3 Å². The second-order valence-electron chi connectivity index (χ2n) is 15.8. The van der Waals surface area contributed by atoms with Crippen LogP contribution in [0.1, 0.15) is 86.6 Å². The third-order valence-electron chi connectivity index (χ3n) is 9.42. The van der Waals surface area contributed by atoms with Gasteiger partial charge in [-0.15, -0.1) is 0 Å². The molecule has 8 atom stereocenters. The average molecular weight is 863 g/mol. The van der Waals surface area contributed by atoms with Gasteiger partial charge in [0, 0.05) is 19.3 Å². The minimum Gasteiger partial charge on any atom is -0.481 e. The maximum absolute atomic E-state index is 13.8. The average Bonchev–Trinajstić information content (AvgIpc) is 3.17. The second-order valence-corrected chi connectivity index (χ2v) is 15.8. The highest BCUT2D eigenvalue weighted by atomic mass is 16.4. The highest BCUT2D eigenvalue weighted by Gasteiger charge is 2.35. The molecule has 0 saturated heterocycles. The number of amides is 7. The second kappa shape index (κ2) is 25.5. The van der Waals surface area contributed by atoms with Crippen molar-refractivity contribution in [3.8, 4) is 0 Å². The van der Waals surface area contributed by atoms with E-state index in [9.17, 15) is 53.1 Å². The van der Waals surface area contributed by atoms with E-state index >= 15 is 0 Å². The monoisotopic (exact) mass is 862 g/mol. The Balaban J connectivity index is 3.24. The van der Waals surface area contributed by atoms with Crippen LogP contribution in [0.25, 0.3) is 0 Å². The molecule has 0 fully saturated rings. The van der Waals surface area contributed by atoms with E-state index in [1.165, 1.54) is 13.8 Å². The molecule has 0 bridgehead atoms. The number of carboxylic acids is 3. The lowest BCUT2D eigenvalue weighted by molar-refractivity contribution is -0.142. The molecular weight excluding hydrogens is 800 g/mol. The lowest BCUT2D eigenvalue weighted by atomic mass is 9.98. The van der Waals surface area contributed by atoms with Gasteiger partial charge in [0.15, 0.2) is 0 Å². The Hall–Kier alpha value is -6.12. The summed E-state index contributed by atoms with van der Waals surface area (Å²) in [6.45, 7) is 12.3. The van der Waals surface area contributed by atoms with Crippen molar-refractivity contribution in [2.75, 3.05) is 0 Å². The molecule has 0 spiro atoms. The van der Waals surface area contributed by atoms with E-state index in [-0.39, 0.29) is 12.8 Å². The summed E-state index contributed by atoms with van der Waals surface area (Å²) >= 11 is 0. The van der Waals surface area contributed by atoms with Gasteiger partial charge in [-0.2, -0.15) is 0 Å². The zero-order chi connectivity index (χ0) is 46.7. The molecule has 0 radical (unpaired) electrons. The van der Waals surface area contributed by atoms with Crippen molar-refractivity contribution in [3.63, 3.8) is 0 Å². The van der Waals surface area contributed by atoms with Gasteiger partial charge in [0.25, 0.3) is 0 Å². The number of carbonyl (C=O) groups excluding carboxylic acids is 7. The van der Waals surface area contributed by atoms with Crippen molar-refractivity contribution in [1.29, 1.82) is 0 Å². The lowest BCUT2D eigenvalue weighted by Crippen LogP contribution is -2.61. The molecule has 1 rings (SSSR count). The number of nitrogens with two attached hydrogens (primary N) is 1. The molecule has 21 nitrogen and oxygen atoms in total. The Kier molecular flexibility index (Phi) is 22.1. The maximum atomic E-state index is 13.8. The Bertz CT molecular complexity index is 1720. The first-order valence-corrected chi connectivity index (χ1v) is 19.9.